The van der Waals surface area contributed by atoms with Crippen molar-refractivity contribution in [1.82, 2.24) is 9.55 Å². The SMILES string of the molecule is O=CCCc1cc2ccc(F)cc2n1-c1ccccn1. The second-order valence-corrected chi connectivity index (χ2v) is 4.57. The molecule has 0 unspecified atom stereocenters. The molecule has 3 nitrogen and oxygen atoms in total. The summed E-state index contributed by atoms with van der Waals surface area (Å²) in [6.45, 7) is 0. The van der Waals surface area contributed by atoms with Gasteiger partial charge in [-0.15, -0.1) is 0 Å². The molecule has 2 heterocycles. The topological polar surface area (TPSA) is 34.9 Å². The lowest BCUT2D eigenvalue weighted by Crippen LogP contribution is -2.02. The average Bonchev–Trinajstić information content (AvgIpc) is 2.83. The van der Waals surface area contributed by atoms with E-state index in [2.05, 4.69) is 4.98 Å². The van der Waals surface area contributed by atoms with Crippen LogP contribution >= 0.6 is 0 Å². The lowest BCUT2D eigenvalue weighted by molar-refractivity contribution is -0.107. The van der Waals surface area contributed by atoms with Gasteiger partial charge in [-0.1, -0.05) is 6.07 Å². The van der Waals surface area contributed by atoms with E-state index >= 15 is 0 Å². The Hall–Kier alpha value is -2.49. The highest BCUT2D eigenvalue weighted by Crippen LogP contribution is 2.25. The van der Waals surface area contributed by atoms with Gasteiger partial charge in [0.2, 0.25) is 0 Å². The number of rotatable bonds is 4. The molecular formula is C16H13FN2O. The molecule has 0 N–H and O–H groups in total. The maximum Gasteiger partial charge on any atom is 0.137 e. The van der Waals surface area contributed by atoms with Gasteiger partial charge in [0.1, 0.15) is 17.9 Å². The molecule has 2 aromatic heterocycles. The van der Waals surface area contributed by atoms with Crippen molar-refractivity contribution in [3.63, 3.8) is 0 Å². The Morgan fingerprint density at radius 2 is 2.10 bits per heavy atom. The fraction of sp³-hybridized carbons (Fsp3) is 0.125. The van der Waals surface area contributed by atoms with Crippen LogP contribution in [0, 0.1) is 5.82 Å². The third-order valence-corrected chi connectivity index (χ3v) is 3.24. The molecule has 0 aliphatic carbocycles. The highest BCUT2D eigenvalue weighted by Gasteiger charge is 2.11. The van der Waals surface area contributed by atoms with Crippen LogP contribution in [0.15, 0.2) is 48.7 Å². The highest BCUT2D eigenvalue weighted by molar-refractivity contribution is 5.83. The van der Waals surface area contributed by atoms with E-state index in [0.29, 0.717) is 12.8 Å². The second-order valence-electron chi connectivity index (χ2n) is 4.57. The summed E-state index contributed by atoms with van der Waals surface area (Å²) in [7, 11) is 0. The van der Waals surface area contributed by atoms with Crippen LogP contribution in [0.1, 0.15) is 12.1 Å². The van der Waals surface area contributed by atoms with Gasteiger partial charge < -0.3 is 4.79 Å². The number of aldehydes is 1. The predicted octanol–water partition coefficient (Wildman–Crippen LogP) is 3.30. The molecule has 100 valence electrons. The number of aromatic nitrogens is 2. The highest BCUT2D eigenvalue weighted by atomic mass is 19.1. The molecule has 0 fully saturated rings. The standard InChI is InChI=1S/C16H13FN2O/c17-13-7-6-12-10-14(4-3-9-20)19(15(12)11-13)16-5-1-2-8-18-16/h1-2,5-11H,3-4H2. The summed E-state index contributed by atoms with van der Waals surface area (Å²) in [5.74, 6) is 0.448. The van der Waals surface area contributed by atoms with E-state index in [0.717, 1.165) is 28.7 Å². The first kappa shape index (κ1) is 12.5. The molecule has 0 aliphatic rings. The molecule has 0 aliphatic heterocycles. The smallest absolute Gasteiger partial charge is 0.137 e. The van der Waals surface area contributed by atoms with Crippen molar-refractivity contribution in [1.29, 1.82) is 0 Å². The number of halogens is 1. The molecule has 3 rings (SSSR count). The van der Waals surface area contributed by atoms with Gasteiger partial charge in [0.25, 0.3) is 0 Å². The van der Waals surface area contributed by atoms with Gasteiger partial charge >= 0.3 is 0 Å². The lowest BCUT2D eigenvalue weighted by Gasteiger charge is -2.08. The van der Waals surface area contributed by atoms with Gasteiger partial charge in [0.15, 0.2) is 0 Å². The minimum Gasteiger partial charge on any atom is -0.303 e. The van der Waals surface area contributed by atoms with E-state index in [9.17, 15) is 9.18 Å². The van der Waals surface area contributed by atoms with Crippen molar-refractivity contribution in [2.75, 3.05) is 0 Å². The molecule has 20 heavy (non-hydrogen) atoms. The summed E-state index contributed by atoms with van der Waals surface area (Å²) in [6.07, 6.45) is 3.63. The van der Waals surface area contributed by atoms with Crippen LogP contribution in [0.25, 0.3) is 16.7 Å². The number of benzene rings is 1. The number of fused-ring (bicyclic) bond motifs is 1. The van der Waals surface area contributed by atoms with Crippen molar-refractivity contribution < 1.29 is 9.18 Å². The molecule has 0 radical (unpaired) electrons. The molecule has 1 aromatic carbocycles. The van der Waals surface area contributed by atoms with Crippen molar-refractivity contribution >= 4 is 17.2 Å². The average molecular weight is 268 g/mol. The maximum absolute atomic E-state index is 13.5. The molecule has 3 aromatic rings. The van der Waals surface area contributed by atoms with Gasteiger partial charge in [0, 0.05) is 23.7 Å². The zero-order chi connectivity index (χ0) is 13.9. The number of hydrogen-bond donors (Lipinski definition) is 0. The van der Waals surface area contributed by atoms with E-state index < -0.39 is 0 Å². The number of nitrogens with zero attached hydrogens (tertiary/aromatic N) is 2. The number of carbonyl (C=O) groups excluding carboxylic acids is 1. The molecule has 0 saturated carbocycles. The fourth-order valence-corrected chi connectivity index (χ4v) is 2.38. The largest absolute Gasteiger partial charge is 0.303 e. The van der Waals surface area contributed by atoms with E-state index in [1.54, 1.807) is 12.3 Å². The Bertz CT molecular complexity index is 750. The van der Waals surface area contributed by atoms with Crippen molar-refractivity contribution in [3.05, 3.63) is 60.2 Å². The number of hydrogen-bond acceptors (Lipinski definition) is 2. The Labute approximate surface area is 115 Å². The van der Waals surface area contributed by atoms with E-state index in [-0.39, 0.29) is 5.82 Å². The zero-order valence-electron chi connectivity index (χ0n) is 10.8. The Morgan fingerprint density at radius 3 is 2.85 bits per heavy atom. The van der Waals surface area contributed by atoms with E-state index in [1.165, 1.54) is 12.1 Å². The van der Waals surface area contributed by atoms with Crippen molar-refractivity contribution in [2.45, 2.75) is 12.8 Å². The first-order valence-electron chi connectivity index (χ1n) is 6.44. The quantitative estimate of drug-likeness (QED) is 0.680. The number of aryl methyl sites for hydroxylation is 1. The summed E-state index contributed by atoms with van der Waals surface area (Å²) in [5.41, 5.74) is 1.72. The summed E-state index contributed by atoms with van der Waals surface area (Å²) in [6, 6.07) is 12.2. The summed E-state index contributed by atoms with van der Waals surface area (Å²) < 4.78 is 15.4. The molecule has 0 spiro atoms. The van der Waals surface area contributed by atoms with Crippen LogP contribution in [0.4, 0.5) is 4.39 Å². The maximum atomic E-state index is 13.5. The first-order valence-corrected chi connectivity index (χ1v) is 6.44. The van der Waals surface area contributed by atoms with E-state index in [1.807, 2.05) is 28.8 Å². The van der Waals surface area contributed by atoms with Gasteiger partial charge in [0.05, 0.1) is 5.52 Å². The minimum absolute atomic E-state index is 0.283. The number of carbonyl (C=O) groups is 1. The summed E-state index contributed by atoms with van der Waals surface area (Å²) in [5, 5.41) is 0.943. The van der Waals surface area contributed by atoms with Gasteiger partial charge in [-0.3, -0.25) is 4.57 Å². The zero-order valence-corrected chi connectivity index (χ0v) is 10.8. The molecule has 0 saturated heterocycles. The van der Waals surface area contributed by atoms with Crippen LogP contribution in [0.5, 0.6) is 0 Å². The molecule has 4 heteroatoms. The van der Waals surface area contributed by atoms with Crippen LogP contribution in [0.2, 0.25) is 0 Å². The van der Waals surface area contributed by atoms with Gasteiger partial charge in [-0.25, -0.2) is 9.37 Å². The van der Waals surface area contributed by atoms with Crippen LogP contribution in [-0.2, 0) is 11.2 Å². The monoisotopic (exact) mass is 268 g/mol. The van der Waals surface area contributed by atoms with Crippen molar-refractivity contribution in [3.8, 4) is 5.82 Å². The Balaban J connectivity index is 2.24. The second kappa shape index (κ2) is 5.25. The fourth-order valence-electron chi connectivity index (χ4n) is 2.38. The number of pyridine rings is 1. The van der Waals surface area contributed by atoms with Gasteiger partial charge in [-0.05, 0) is 42.8 Å². The van der Waals surface area contributed by atoms with Gasteiger partial charge in [-0.2, -0.15) is 0 Å². The van der Waals surface area contributed by atoms with E-state index in [4.69, 9.17) is 0 Å². The predicted molar refractivity (Wildman–Crippen MR) is 75.4 cm³/mol. The first-order chi connectivity index (χ1) is 9.79. The third-order valence-electron chi connectivity index (χ3n) is 3.24. The van der Waals surface area contributed by atoms with Crippen LogP contribution in [-0.4, -0.2) is 15.8 Å². The van der Waals surface area contributed by atoms with Crippen LogP contribution < -0.4 is 0 Å². The normalized spacial score (nSPS) is 10.8. The Kier molecular flexibility index (Phi) is 3.29. The minimum atomic E-state index is -0.283. The summed E-state index contributed by atoms with van der Waals surface area (Å²) in [4.78, 5) is 14.9. The molecule has 0 amide bonds. The molecule has 0 bridgehead atoms. The van der Waals surface area contributed by atoms with Crippen molar-refractivity contribution in [2.24, 2.45) is 0 Å². The molecular weight excluding hydrogens is 255 g/mol. The lowest BCUT2D eigenvalue weighted by atomic mass is 10.2. The van der Waals surface area contributed by atoms with Crippen LogP contribution in [0.3, 0.4) is 0 Å². The molecule has 0 atom stereocenters. The Morgan fingerprint density at radius 1 is 1.20 bits per heavy atom. The third kappa shape index (κ3) is 2.20. The summed E-state index contributed by atoms with van der Waals surface area (Å²) >= 11 is 0.